The summed E-state index contributed by atoms with van der Waals surface area (Å²) in [6, 6.07) is 12.4. The van der Waals surface area contributed by atoms with Gasteiger partial charge in [-0.25, -0.2) is 0 Å². The number of hydrogen-bond donors (Lipinski definition) is 2. The maximum atomic E-state index is 12.1. The second-order valence-corrected chi connectivity index (χ2v) is 5.96. The van der Waals surface area contributed by atoms with Crippen molar-refractivity contribution in [2.75, 3.05) is 13.7 Å². The lowest BCUT2D eigenvalue weighted by molar-refractivity contribution is -0.133. The Bertz CT molecular complexity index is 789. The molecule has 27 heavy (non-hydrogen) atoms. The summed E-state index contributed by atoms with van der Waals surface area (Å²) in [7, 11) is 1.57. The first-order chi connectivity index (χ1) is 12.9. The third kappa shape index (κ3) is 5.91. The molecule has 7 heteroatoms. The van der Waals surface area contributed by atoms with E-state index in [1.165, 1.54) is 0 Å². The quantitative estimate of drug-likeness (QED) is 0.729. The molecule has 0 radical (unpaired) electrons. The van der Waals surface area contributed by atoms with Gasteiger partial charge in [0.2, 0.25) is 0 Å². The second-order valence-electron chi connectivity index (χ2n) is 5.96. The summed E-state index contributed by atoms with van der Waals surface area (Å²) in [5, 5.41) is 0. The molecule has 0 saturated carbocycles. The van der Waals surface area contributed by atoms with E-state index in [1.807, 2.05) is 26.0 Å². The standard InChI is InChI=1S/C20H24N2O5/c1-13-6-5-7-18(14(13)2)27-15(3)20(24)22-21-19(23)12-26-17-10-8-16(25-4)9-11-17/h5-11,15H,12H2,1-4H3,(H,21,23)(H,22,24)/t15-/m0/s1. The van der Waals surface area contributed by atoms with Gasteiger partial charge in [0, 0.05) is 0 Å². The fourth-order valence-corrected chi connectivity index (χ4v) is 2.19. The average Bonchev–Trinajstić information content (AvgIpc) is 2.68. The monoisotopic (exact) mass is 372 g/mol. The molecule has 0 aliphatic heterocycles. The van der Waals surface area contributed by atoms with Gasteiger partial charge in [-0.15, -0.1) is 0 Å². The Labute approximate surface area is 158 Å². The van der Waals surface area contributed by atoms with Gasteiger partial charge in [-0.05, 0) is 62.2 Å². The molecule has 0 unspecified atom stereocenters. The van der Waals surface area contributed by atoms with Gasteiger partial charge < -0.3 is 14.2 Å². The van der Waals surface area contributed by atoms with Gasteiger partial charge in [0.15, 0.2) is 12.7 Å². The Kier molecular flexibility index (Phi) is 7.05. The van der Waals surface area contributed by atoms with E-state index in [4.69, 9.17) is 14.2 Å². The number of carbonyl (C=O) groups excluding carboxylic acids is 2. The summed E-state index contributed by atoms with van der Waals surface area (Å²) in [5.74, 6) is 0.888. The highest BCUT2D eigenvalue weighted by atomic mass is 16.5. The number of amides is 2. The molecule has 2 N–H and O–H groups in total. The van der Waals surface area contributed by atoms with E-state index in [2.05, 4.69) is 10.9 Å². The summed E-state index contributed by atoms with van der Waals surface area (Å²) in [4.78, 5) is 23.9. The van der Waals surface area contributed by atoms with Crippen LogP contribution in [0.4, 0.5) is 0 Å². The largest absolute Gasteiger partial charge is 0.497 e. The number of hydrazine groups is 1. The molecule has 2 amide bonds. The van der Waals surface area contributed by atoms with Crippen LogP contribution in [0.1, 0.15) is 18.1 Å². The van der Waals surface area contributed by atoms with Crippen molar-refractivity contribution in [1.29, 1.82) is 0 Å². The van der Waals surface area contributed by atoms with Crippen LogP contribution in [0, 0.1) is 13.8 Å². The van der Waals surface area contributed by atoms with Gasteiger partial charge in [-0.1, -0.05) is 12.1 Å². The number of nitrogens with one attached hydrogen (secondary N) is 2. The van der Waals surface area contributed by atoms with E-state index in [9.17, 15) is 9.59 Å². The van der Waals surface area contributed by atoms with Crippen molar-refractivity contribution in [3.63, 3.8) is 0 Å². The molecule has 144 valence electrons. The minimum Gasteiger partial charge on any atom is -0.497 e. The van der Waals surface area contributed by atoms with E-state index in [-0.39, 0.29) is 6.61 Å². The molecular weight excluding hydrogens is 348 g/mol. The summed E-state index contributed by atoms with van der Waals surface area (Å²) >= 11 is 0. The molecule has 0 bridgehead atoms. The van der Waals surface area contributed by atoms with E-state index in [1.54, 1.807) is 44.4 Å². The van der Waals surface area contributed by atoms with E-state index in [0.717, 1.165) is 11.1 Å². The van der Waals surface area contributed by atoms with E-state index >= 15 is 0 Å². The molecule has 0 heterocycles. The predicted molar refractivity (Wildman–Crippen MR) is 101 cm³/mol. The molecule has 0 saturated heterocycles. The Morgan fingerprint density at radius 2 is 1.67 bits per heavy atom. The lowest BCUT2D eigenvalue weighted by Crippen LogP contribution is -2.48. The van der Waals surface area contributed by atoms with Crippen LogP contribution >= 0.6 is 0 Å². The first kappa shape index (κ1) is 20.1. The van der Waals surface area contributed by atoms with Crippen molar-refractivity contribution in [2.45, 2.75) is 26.9 Å². The SMILES string of the molecule is COc1ccc(OCC(=O)NNC(=O)[C@H](C)Oc2cccc(C)c2C)cc1. The van der Waals surface area contributed by atoms with E-state index < -0.39 is 17.9 Å². The Hall–Kier alpha value is -3.22. The van der Waals surface area contributed by atoms with Crippen LogP contribution in [0.5, 0.6) is 17.2 Å². The van der Waals surface area contributed by atoms with Crippen molar-refractivity contribution in [2.24, 2.45) is 0 Å². The molecule has 7 nitrogen and oxygen atoms in total. The summed E-state index contributed by atoms with van der Waals surface area (Å²) < 4.78 is 16.0. The van der Waals surface area contributed by atoms with Gasteiger partial charge in [0.05, 0.1) is 7.11 Å². The summed E-state index contributed by atoms with van der Waals surface area (Å²) in [5.41, 5.74) is 6.67. The fourth-order valence-electron chi connectivity index (χ4n) is 2.19. The number of rotatable bonds is 7. The van der Waals surface area contributed by atoms with Gasteiger partial charge in [0.25, 0.3) is 11.8 Å². The van der Waals surface area contributed by atoms with Crippen LogP contribution in [0.2, 0.25) is 0 Å². The fraction of sp³-hybridized carbons (Fsp3) is 0.300. The number of hydrogen-bond acceptors (Lipinski definition) is 5. The van der Waals surface area contributed by atoms with Crippen molar-refractivity contribution in [3.05, 3.63) is 53.6 Å². The number of aryl methyl sites for hydroxylation is 1. The molecule has 1 atom stereocenters. The normalized spacial score (nSPS) is 11.3. The lowest BCUT2D eigenvalue weighted by atomic mass is 10.1. The first-order valence-electron chi connectivity index (χ1n) is 8.49. The third-order valence-electron chi connectivity index (χ3n) is 3.98. The minimum atomic E-state index is -0.770. The molecule has 0 aliphatic rings. The number of carbonyl (C=O) groups is 2. The van der Waals surface area contributed by atoms with Crippen molar-refractivity contribution < 1.29 is 23.8 Å². The van der Waals surface area contributed by atoms with Crippen LogP contribution in [-0.4, -0.2) is 31.6 Å². The minimum absolute atomic E-state index is 0.237. The zero-order valence-corrected chi connectivity index (χ0v) is 15.9. The number of ether oxygens (including phenoxy) is 3. The highest BCUT2D eigenvalue weighted by Crippen LogP contribution is 2.21. The van der Waals surface area contributed by atoms with Crippen LogP contribution < -0.4 is 25.1 Å². The molecule has 2 rings (SSSR count). The molecular formula is C20H24N2O5. The van der Waals surface area contributed by atoms with Gasteiger partial charge in [-0.2, -0.15) is 0 Å². The number of benzene rings is 2. The van der Waals surface area contributed by atoms with E-state index in [0.29, 0.717) is 17.2 Å². The Balaban J connectivity index is 1.76. The van der Waals surface area contributed by atoms with Gasteiger partial charge in [0.1, 0.15) is 17.2 Å². The molecule has 0 aromatic heterocycles. The Morgan fingerprint density at radius 1 is 1.00 bits per heavy atom. The predicted octanol–water partition coefficient (Wildman–Crippen LogP) is 2.31. The maximum Gasteiger partial charge on any atom is 0.279 e. The van der Waals surface area contributed by atoms with Crippen LogP contribution in [0.25, 0.3) is 0 Å². The van der Waals surface area contributed by atoms with Crippen molar-refractivity contribution in [3.8, 4) is 17.2 Å². The topological polar surface area (TPSA) is 85.9 Å². The lowest BCUT2D eigenvalue weighted by Gasteiger charge is -2.17. The molecule has 0 aliphatic carbocycles. The molecule has 0 spiro atoms. The van der Waals surface area contributed by atoms with Crippen LogP contribution in [-0.2, 0) is 9.59 Å². The van der Waals surface area contributed by atoms with Gasteiger partial charge in [-0.3, -0.25) is 20.4 Å². The van der Waals surface area contributed by atoms with Gasteiger partial charge >= 0.3 is 0 Å². The molecule has 2 aromatic rings. The zero-order valence-electron chi connectivity index (χ0n) is 15.9. The molecule has 0 fully saturated rings. The average molecular weight is 372 g/mol. The third-order valence-corrected chi connectivity index (χ3v) is 3.98. The summed E-state index contributed by atoms with van der Waals surface area (Å²) in [6.45, 7) is 5.26. The zero-order chi connectivity index (χ0) is 19.8. The second kappa shape index (κ2) is 9.47. The van der Waals surface area contributed by atoms with Crippen molar-refractivity contribution in [1.82, 2.24) is 10.9 Å². The smallest absolute Gasteiger partial charge is 0.279 e. The van der Waals surface area contributed by atoms with Crippen molar-refractivity contribution >= 4 is 11.8 Å². The number of methoxy groups -OCH3 is 1. The summed E-state index contributed by atoms with van der Waals surface area (Å²) in [6.07, 6.45) is -0.770. The molecule has 2 aromatic carbocycles. The highest BCUT2D eigenvalue weighted by molar-refractivity contribution is 5.85. The first-order valence-corrected chi connectivity index (χ1v) is 8.49. The van der Waals surface area contributed by atoms with Crippen LogP contribution in [0.3, 0.4) is 0 Å². The van der Waals surface area contributed by atoms with Crippen LogP contribution in [0.15, 0.2) is 42.5 Å². The Morgan fingerprint density at radius 3 is 2.33 bits per heavy atom. The highest BCUT2D eigenvalue weighted by Gasteiger charge is 2.16. The maximum absolute atomic E-state index is 12.1.